The number of carbonyl (C=O) groups is 1. The van der Waals surface area contributed by atoms with E-state index >= 15 is 0 Å². The SMILES string of the molecule is CCCCCCNC(=O)c1ccc(C)c(Oc2nc(Cc3ccc(C)cc3)ns2)c1. The Morgan fingerprint density at radius 1 is 1.07 bits per heavy atom. The van der Waals surface area contributed by atoms with Crippen molar-refractivity contribution in [3.8, 4) is 10.9 Å². The highest BCUT2D eigenvalue weighted by Crippen LogP contribution is 2.28. The Morgan fingerprint density at radius 2 is 1.87 bits per heavy atom. The fraction of sp³-hybridized carbons (Fsp3) is 0.375. The molecule has 0 atom stereocenters. The van der Waals surface area contributed by atoms with Crippen LogP contribution in [0.25, 0.3) is 0 Å². The average molecular weight is 424 g/mol. The molecular formula is C24H29N3O2S. The van der Waals surface area contributed by atoms with Crippen molar-refractivity contribution in [2.45, 2.75) is 52.9 Å². The number of amides is 1. The molecule has 0 saturated heterocycles. The van der Waals surface area contributed by atoms with Crippen molar-refractivity contribution in [2.24, 2.45) is 0 Å². The van der Waals surface area contributed by atoms with E-state index in [4.69, 9.17) is 4.74 Å². The third-order valence-electron chi connectivity index (χ3n) is 4.90. The minimum absolute atomic E-state index is 0.0753. The second-order valence-electron chi connectivity index (χ2n) is 7.54. The van der Waals surface area contributed by atoms with Gasteiger partial charge in [0.1, 0.15) is 5.75 Å². The second kappa shape index (κ2) is 10.9. The lowest BCUT2D eigenvalue weighted by atomic mass is 10.1. The summed E-state index contributed by atoms with van der Waals surface area (Å²) in [5.41, 5.74) is 3.94. The van der Waals surface area contributed by atoms with E-state index in [2.05, 4.69) is 52.8 Å². The summed E-state index contributed by atoms with van der Waals surface area (Å²) in [6.07, 6.45) is 5.20. The molecule has 0 aliphatic carbocycles. The van der Waals surface area contributed by atoms with Gasteiger partial charge in [-0.2, -0.15) is 9.36 Å². The van der Waals surface area contributed by atoms with Crippen LogP contribution >= 0.6 is 11.5 Å². The summed E-state index contributed by atoms with van der Waals surface area (Å²) in [4.78, 5) is 16.9. The van der Waals surface area contributed by atoms with Crippen LogP contribution in [0.5, 0.6) is 10.9 Å². The van der Waals surface area contributed by atoms with E-state index in [1.807, 2.05) is 19.1 Å². The van der Waals surface area contributed by atoms with Crippen LogP contribution in [-0.4, -0.2) is 21.8 Å². The van der Waals surface area contributed by atoms with Crippen LogP contribution in [0.2, 0.25) is 0 Å². The molecule has 0 aliphatic heterocycles. The van der Waals surface area contributed by atoms with E-state index in [9.17, 15) is 4.79 Å². The molecule has 0 bridgehead atoms. The molecule has 0 spiro atoms. The van der Waals surface area contributed by atoms with Gasteiger partial charge in [-0.1, -0.05) is 62.1 Å². The molecule has 1 aromatic heterocycles. The van der Waals surface area contributed by atoms with E-state index in [1.54, 1.807) is 6.07 Å². The molecule has 3 aromatic rings. The lowest BCUT2D eigenvalue weighted by Crippen LogP contribution is -2.24. The van der Waals surface area contributed by atoms with Crippen LogP contribution in [-0.2, 0) is 6.42 Å². The van der Waals surface area contributed by atoms with Gasteiger partial charge in [-0.25, -0.2) is 0 Å². The van der Waals surface area contributed by atoms with Gasteiger partial charge < -0.3 is 10.1 Å². The number of unbranched alkanes of at least 4 members (excludes halogenated alkanes) is 3. The smallest absolute Gasteiger partial charge is 0.298 e. The van der Waals surface area contributed by atoms with E-state index in [0.29, 0.717) is 29.5 Å². The van der Waals surface area contributed by atoms with Crippen molar-refractivity contribution in [1.82, 2.24) is 14.7 Å². The van der Waals surface area contributed by atoms with Gasteiger partial charge in [0, 0.05) is 30.1 Å². The fourth-order valence-electron chi connectivity index (χ4n) is 3.04. The zero-order chi connectivity index (χ0) is 21.3. The molecule has 2 aromatic carbocycles. The maximum atomic E-state index is 12.4. The van der Waals surface area contributed by atoms with Crippen LogP contribution in [0.3, 0.4) is 0 Å². The van der Waals surface area contributed by atoms with Gasteiger partial charge in [0.2, 0.25) is 0 Å². The number of hydrogen-bond donors (Lipinski definition) is 1. The highest BCUT2D eigenvalue weighted by atomic mass is 32.1. The van der Waals surface area contributed by atoms with Gasteiger partial charge in [-0.15, -0.1) is 0 Å². The number of aryl methyl sites for hydroxylation is 2. The second-order valence-corrected chi connectivity index (χ2v) is 8.25. The summed E-state index contributed by atoms with van der Waals surface area (Å²) in [5, 5.41) is 3.47. The Kier molecular flexibility index (Phi) is 7.97. The largest absolute Gasteiger partial charge is 0.430 e. The van der Waals surface area contributed by atoms with Gasteiger partial charge in [-0.3, -0.25) is 4.79 Å². The molecular weight excluding hydrogens is 394 g/mol. The quantitative estimate of drug-likeness (QED) is 0.416. The first-order valence-electron chi connectivity index (χ1n) is 10.5. The van der Waals surface area contributed by atoms with Gasteiger partial charge in [0.05, 0.1) is 0 Å². The first-order chi connectivity index (χ1) is 14.5. The zero-order valence-electron chi connectivity index (χ0n) is 17.9. The number of nitrogens with one attached hydrogen (secondary N) is 1. The third kappa shape index (κ3) is 6.39. The Bertz CT molecular complexity index is 967. The number of rotatable bonds is 10. The molecule has 0 aliphatic rings. The molecule has 1 amide bonds. The van der Waals surface area contributed by atoms with Gasteiger partial charge in [0.15, 0.2) is 5.82 Å². The summed E-state index contributed by atoms with van der Waals surface area (Å²) in [6.45, 7) is 6.90. The Labute approximate surface area is 182 Å². The molecule has 3 rings (SSSR count). The number of benzene rings is 2. The predicted octanol–water partition coefficient (Wildman–Crippen LogP) is 5.85. The molecule has 1 N–H and O–H groups in total. The van der Waals surface area contributed by atoms with Crippen LogP contribution in [0, 0.1) is 13.8 Å². The van der Waals surface area contributed by atoms with E-state index in [0.717, 1.165) is 24.2 Å². The molecule has 158 valence electrons. The first-order valence-corrected chi connectivity index (χ1v) is 11.3. The van der Waals surface area contributed by atoms with Crippen LogP contribution < -0.4 is 10.1 Å². The number of ether oxygens (including phenoxy) is 1. The first kappa shape index (κ1) is 22.0. The standard InChI is InChI=1S/C24H29N3O2S/c1-4-5-6-7-14-25-23(28)20-13-10-18(3)21(16-20)29-24-26-22(27-30-24)15-19-11-8-17(2)9-12-19/h8-13,16H,4-7,14-15H2,1-3H3,(H,25,28). The topological polar surface area (TPSA) is 64.1 Å². The van der Waals surface area contributed by atoms with Crippen molar-refractivity contribution >= 4 is 17.4 Å². The maximum Gasteiger partial charge on any atom is 0.298 e. The highest BCUT2D eigenvalue weighted by molar-refractivity contribution is 7.07. The van der Waals surface area contributed by atoms with Gasteiger partial charge in [-0.05, 0) is 43.5 Å². The summed E-state index contributed by atoms with van der Waals surface area (Å²) in [6, 6.07) is 13.8. The molecule has 1 heterocycles. The summed E-state index contributed by atoms with van der Waals surface area (Å²) < 4.78 is 10.4. The lowest BCUT2D eigenvalue weighted by molar-refractivity contribution is 0.0952. The van der Waals surface area contributed by atoms with Crippen molar-refractivity contribution in [2.75, 3.05) is 6.54 Å². The van der Waals surface area contributed by atoms with E-state index in [-0.39, 0.29) is 5.91 Å². The minimum atomic E-state index is -0.0753. The fourth-order valence-corrected chi connectivity index (χ4v) is 3.60. The molecule has 0 fully saturated rings. The summed E-state index contributed by atoms with van der Waals surface area (Å²) in [5.74, 6) is 1.29. The Balaban J connectivity index is 1.61. The molecule has 6 heteroatoms. The maximum absolute atomic E-state index is 12.4. The predicted molar refractivity (Wildman–Crippen MR) is 122 cm³/mol. The van der Waals surface area contributed by atoms with Crippen molar-refractivity contribution in [3.63, 3.8) is 0 Å². The van der Waals surface area contributed by atoms with Gasteiger partial charge >= 0.3 is 0 Å². The Morgan fingerprint density at radius 3 is 2.63 bits per heavy atom. The third-order valence-corrected chi connectivity index (χ3v) is 5.53. The highest BCUT2D eigenvalue weighted by Gasteiger charge is 2.12. The van der Waals surface area contributed by atoms with Crippen LogP contribution in [0.1, 0.15) is 65.5 Å². The molecule has 5 nitrogen and oxygen atoms in total. The molecule has 30 heavy (non-hydrogen) atoms. The van der Waals surface area contributed by atoms with Crippen molar-refractivity contribution in [1.29, 1.82) is 0 Å². The van der Waals surface area contributed by atoms with Gasteiger partial charge in [0.25, 0.3) is 11.1 Å². The van der Waals surface area contributed by atoms with E-state index in [1.165, 1.54) is 35.5 Å². The van der Waals surface area contributed by atoms with E-state index < -0.39 is 0 Å². The molecule has 0 radical (unpaired) electrons. The summed E-state index contributed by atoms with van der Waals surface area (Å²) >= 11 is 1.23. The monoisotopic (exact) mass is 423 g/mol. The number of carbonyl (C=O) groups excluding carboxylic acids is 1. The zero-order valence-corrected chi connectivity index (χ0v) is 18.7. The number of nitrogens with zero attached hydrogens (tertiary/aromatic N) is 2. The van der Waals surface area contributed by atoms with Crippen LogP contribution in [0.15, 0.2) is 42.5 Å². The minimum Gasteiger partial charge on any atom is -0.430 e. The number of hydrogen-bond acceptors (Lipinski definition) is 5. The lowest BCUT2D eigenvalue weighted by Gasteiger charge is -2.09. The molecule has 0 saturated carbocycles. The normalized spacial score (nSPS) is 10.8. The summed E-state index contributed by atoms with van der Waals surface area (Å²) in [7, 11) is 0. The van der Waals surface area contributed by atoms with Crippen LogP contribution in [0.4, 0.5) is 0 Å². The molecule has 0 unspecified atom stereocenters. The average Bonchev–Trinajstić information content (AvgIpc) is 3.18. The Hall–Kier alpha value is -2.73. The van der Waals surface area contributed by atoms with Crippen molar-refractivity contribution < 1.29 is 9.53 Å². The number of aromatic nitrogens is 2. The van der Waals surface area contributed by atoms with Crippen molar-refractivity contribution in [3.05, 3.63) is 70.5 Å².